The normalized spacial score (nSPS) is 16.3. The molecule has 8 nitrogen and oxygen atoms in total. The molecule has 2 heterocycles. The zero-order valence-corrected chi connectivity index (χ0v) is 10.2. The van der Waals surface area contributed by atoms with Gasteiger partial charge in [0.05, 0.1) is 17.9 Å². The van der Waals surface area contributed by atoms with Crippen molar-refractivity contribution in [2.24, 2.45) is 0 Å². The SMILES string of the molecule is O=C([O-])c1c(-c2cn[nH]n2)ccc2c1O[B-](O)(O)CC2. The highest BCUT2D eigenvalue weighted by atomic mass is 16.6. The Morgan fingerprint density at radius 2 is 2.25 bits per heavy atom. The maximum Gasteiger partial charge on any atom is 0.430 e. The summed E-state index contributed by atoms with van der Waals surface area (Å²) >= 11 is 0. The first-order valence-corrected chi connectivity index (χ1v) is 6.00. The second kappa shape index (κ2) is 4.32. The van der Waals surface area contributed by atoms with Gasteiger partial charge in [-0.2, -0.15) is 15.4 Å². The second-order valence-electron chi connectivity index (χ2n) is 4.63. The van der Waals surface area contributed by atoms with E-state index in [4.69, 9.17) is 4.65 Å². The summed E-state index contributed by atoms with van der Waals surface area (Å²) in [5.41, 5.74) is 0.864. The molecule has 9 heteroatoms. The summed E-state index contributed by atoms with van der Waals surface area (Å²) < 4.78 is 5.04. The average Bonchev–Trinajstić information content (AvgIpc) is 2.89. The minimum Gasteiger partial charge on any atom is -0.669 e. The van der Waals surface area contributed by atoms with Crippen LogP contribution in [0.3, 0.4) is 0 Å². The van der Waals surface area contributed by atoms with Gasteiger partial charge in [-0.05, 0) is 12.0 Å². The minimum absolute atomic E-state index is 0.0167. The van der Waals surface area contributed by atoms with Gasteiger partial charge in [-0.15, -0.1) is 0 Å². The largest absolute Gasteiger partial charge is 0.669 e. The Hall–Kier alpha value is -2.39. The molecule has 0 saturated heterocycles. The molecule has 104 valence electrons. The summed E-state index contributed by atoms with van der Waals surface area (Å²) in [7, 11) is 0. The standard InChI is InChI=1S/C11H11BN3O5/c16-11(17)9-7(8-5-13-15-14-8)2-1-6-3-4-12(18,19)20-10(6)9/h1-2,5,18-19H,3-4H2,(H,16,17)(H,13,14,15)/q-1/p-1. The predicted molar refractivity (Wildman–Crippen MR) is 65.5 cm³/mol. The summed E-state index contributed by atoms with van der Waals surface area (Å²) in [6.45, 7) is -3.05. The number of aromatic carboxylic acids is 1. The third-order valence-corrected chi connectivity index (χ3v) is 3.23. The number of hydrogen-bond donors (Lipinski definition) is 3. The van der Waals surface area contributed by atoms with E-state index in [1.165, 1.54) is 6.20 Å². The quantitative estimate of drug-likeness (QED) is 0.580. The van der Waals surface area contributed by atoms with Gasteiger partial charge >= 0.3 is 6.75 Å². The highest BCUT2D eigenvalue weighted by Crippen LogP contribution is 2.37. The third kappa shape index (κ3) is 2.02. The molecule has 2 aromatic rings. The maximum absolute atomic E-state index is 11.4. The van der Waals surface area contributed by atoms with E-state index in [-0.39, 0.29) is 23.2 Å². The number of carboxylic acids is 1. The maximum atomic E-state index is 11.4. The van der Waals surface area contributed by atoms with Crippen LogP contribution in [0.25, 0.3) is 11.3 Å². The summed E-state index contributed by atoms with van der Waals surface area (Å²) in [5.74, 6) is -1.56. The van der Waals surface area contributed by atoms with Gasteiger partial charge in [-0.1, -0.05) is 18.5 Å². The number of rotatable bonds is 2. The molecule has 0 unspecified atom stereocenters. The molecule has 3 rings (SSSR count). The van der Waals surface area contributed by atoms with Gasteiger partial charge < -0.3 is 24.6 Å². The van der Waals surface area contributed by atoms with Crippen molar-refractivity contribution in [3.05, 3.63) is 29.5 Å². The number of H-pyrrole nitrogens is 1. The van der Waals surface area contributed by atoms with Crippen LogP contribution in [0.15, 0.2) is 18.3 Å². The Bertz CT molecular complexity index is 671. The van der Waals surface area contributed by atoms with Crippen molar-refractivity contribution >= 4 is 12.7 Å². The van der Waals surface area contributed by atoms with E-state index in [0.29, 0.717) is 17.7 Å². The fourth-order valence-corrected chi connectivity index (χ4v) is 2.30. The van der Waals surface area contributed by atoms with Crippen LogP contribution in [-0.4, -0.2) is 38.2 Å². The number of fused-ring (bicyclic) bond motifs is 1. The number of carbonyl (C=O) groups is 1. The van der Waals surface area contributed by atoms with Crippen LogP contribution < -0.4 is 9.76 Å². The molecule has 0 spiro atoms. The highest BCUT2D eigenvalue weighted by Gasteiger charge is 2.31. The number of carboxylic acid groups (broad SMARTS) is 1. The number of aromatic amines is 1. The van der Waals surface area contributed by atoms with Crippen molar-refractivity contribution in [1.82, 2.24) is 15.4 Å². The van der Waals surface area contributed by atoms with Crippen LogP contribution in [0.1, 0.15) is 15.9 Å². The molecule has 0 atom stereocenters. The smallest absolute Gasteiger partial charge is 0.430 e. The number of benzene rings is 1. The molecule has 1 aliphatic rings. The Morgan fingerprint density at radius 1 is 1.45 bits per heavy atom. The third-order valence-electron chi connectivity index (χ3n) is 3.23. The molecular formula is C11H10BN3O5-2. The van der Waals surface area contributed by atoms with Gasteiger partial charge in [0, 0.05) is 11.1 Å². The van der Waals surface area contributed by atoms with Crippen molar-refractivity contribution in [1.29, 1.82) is 0 Å². The molecule has 1 aromatic carbocycles. The lowest BCUT2D eigenvalue weighted by Crippen LogP contribution is -2.46. The number of hydrogen-bond acceptors (Lipinski definition) is 7. The molecule has 0 radical (unpaired) electrons. The Labute approximate surface area is 113 Å². The summed E-state index contributed by atoms with van der Waals surface area (Å²) in [6, 6.07) is 3.23. The lowest BCUT2D eigenvalue weighted by molar-refractivity contribution is -0.255. The van der Waals surface area contributed by atoms with E-state index in [9.17, 15) is 19.9 Å². The highest BCUT2D eigenvalue weighted by molar-refractivity contribution is 6.59. The van der Waals surface area contributed by atoms with Gasteiger partial charge in [-0.3, -0.25) is 0 Å². The Morgan fingerprint density at radius 3 is 2.90 bits per heavy atom. The molecule has 0 bridgehead atoms. The number of nitrogens with one attached hydrogen (secondary N) is 1. The molecule has 0 amide bonds. The van der Waals surface area contributed by atoms with Gasteiger partial charge in [0.2, 0.25) is 0 Å². The van der Waals surface area contributed by atoms with Crippen LogP contribution in [0.5, 0.6) is 5.75 Å². The van der Waals surface area contributed by atoms with E-state index in [1.54, 1.807) is 12.1 Å². The van der Waals surface area contributed by atoms with E-state index >= 15 is 0 Å². The monoisotopic (exact) mass is 275 g/mol. The van der Waals surface area contributed by atoms with Crippen LogP contribution in [-0.2, 0) is 6.42 Å². The molecule has 0 aliphatic carbocycles. The van der Waals surface area contributed by atoms with Gasteiger partial charge in [0.1, 0.15) is 5.69 Å². The first-order chi connectivity index (χ1) is 9.48. The molecule has 1 aromatic heterocycles. The Balaban J connectivity index is 2.22. The molecular weight excluding hydrogens is 265 g/mol. The van der Waals surface area contributed by atoms with Crippen LogP contribution in [0.2, 0.25) is 6.32 Å². The summed E-state index contributed by atoms with van der Waals surface area (Å²) in [5, 5.41) is 40.4. The van der Waals surface area contributed by atoms with Gasteiger partial charge in [-0.25, -0.2) is 0 Å². The van der Waals surface area contributed by atoms with E-state index < -0.39 is 12.7 Å². The molecule has 0 fully saturated rings. The van der Waals surface area contributed by atoms with Crippen LogP contribution in [0.4, 0.5) is 0 Å². The van der Waals surface area contributed by atoms with Crippen LogP contribution >= 0.6 is 0 Å². The minimum atomic E-state index is -3.05. The first kappa shape index (κ1) is 12.6. The molecule has 20 heavy (non-hydrogen) atoms. The molecule has 1 aliphatic heterocycles. The summed E-state index contributed by atoms with van der Waals surface area (Å²) in [4.78, 5) is 11.4. The number of nitrogens with zero attached hydrogens (tertiary/aromatic N) is 2. The first-order valence-electron chi connectivity index (χ1n) is 6.00. The number of aromatic nitrogens is 3. The van der Waals surface area contributed by atoms with Crippen molar-refractivity contribution < 1.29 is 24.6 Å². The fourth-order valence-electron chi connectivity index (χ4n) is 2.30. The second-order valence-corrected chi connectivity index (χ2v) is 4.63. The van der Waals surface area contributed by atoms with Crippen LogP contribution in [0, 0.1) is 0 Å². The molecule has 3 N–H and O–H groups in total. The lowest BCUT2D eigenvalue weighted by Gasteiger charge is -2.38. The van der Waals surface area contributed by atoms with Crippen molar-refractivity contribution in [3.8, 4) is 17.0 Å². The van der Waals surface area contributed by atoms with Crippen molar-refractivity contribution in [2.75, 3.05) is 0 Å². The van der Waals surface area contributed by atoms with Gasteiger partial charge in [0.25, 0.3) is 0 Å². The van der Waals surface area contributed by atoms with Crippen molar-refractivity contribution in [2.45, 2.75) is 12.7 Å². The average molecular weight is 275 g/mol. The zero-order valence-electron chi connectivity index (χ0n) is 10.2. The lowest BCUT2D eigenvalue weighted by atomic mass is 9.70. The zero-order chi connectivity index (χ0) is 14.3. The number of aryl methyl sites for hydroxylation is 1. The summed E-state index contributed by atoms with van der Waals surface area (Å²) in [6.07, 6.45) is 1.68. The molecule has 0 saturated carbocycles. The number of carbonyl (C=O) groups excluding carboxylic acids is 1. The van der Waals surface area contributed by atoms with E-state index in [2.05, 4.69) is 15.4 Å². The van der Waals surface area contributed by atoms with Gasteiger partial charge in [0.15, 0.2) is 0 Å². The fraction of sp³-hybridized carbons (Fsp3) is 0.182. The van der Waals surface area contributed by atoms with Crippen molar-refractivity contribution in [3.63, 3.8) is 0 Å². The van der Waals surface area contributed by atoms with E-state index in [1.807, 2.05) is 0 Å². The topological polar surface area (TPSA) is 131 Å². The Kier molecular flexibility index (Phi) is 2.73. The van der Waals surface area contributed by atoms with E-state index in [0.717, 1.165) is 0 Å². The predicted octanol–water partition coefficient (Wildman–Crippen LogP) is -1.31.